The molecule has 2 aromatic heterocycles. The van der Waals surface area contributed by atoms with E-state index in [9.17, 15) is 0 Å². The molecule has 4 nitrogen and oxygen atoms in total. The third-order valence-corrected chi connectivity index (χ3v) is 2.61. The second-order valence-corrected chi connectivity index (χ2v) is 4.39. The molecule has 18 heavy (non-hydrogen) atoms. The van der Waals surface area contributed by atoms with Gasteiger partial charge in [-0.1, -0.05) is 13.8 Å². The normalized spacial score (nSPS) is 10.7. The lowest BCUT2D eigenvalue weighted by molar-refractivity contribution is 0.467. The zero-order chi connectivity index (χ0) is 13.0. The summed E-state index contributed by atoms with van der Waals surface area (Å²) in [5.74, 6) is 2.54. The topological polar surface area (TPSA) is 47.9 Å². The van der Waals surface area contributed by atoms with Crippen LogP contribution >= 0.6 is 11.6 Å². The number of alkyl halides is 1. The van der Waals surface area contributed by atoms with Gasteiger partial charge in [-0.2, -0.15) is 0 Å². The number of pyridine rings is 1. The minimum atomic E-state index is 0.263. The minimum absolute atomic E-state index is 0.263. The second-order valence-electron chi connectivity index (χ2n) is 4.12. The van der Waals surface area contributed by atoms with E-state index in [0.29, 0.717) is 17.2 Å². The molecule has 0 radical (unpaired) electrons. The van der Waals surface area contributed by atoms with Crippen molar-refractivity contribution in [3.63, 3.8) is 0 Å². The maximum Gasteiger partial charge on any atom is 0.168 e. The molecule has 2 heterocycles. The van der Waals surface area contributed by atoms with E-state index in [4.69, 9.17) is 16.3 Å². The fourth-order valence-corrected chi connectivity index (χ4v) is 1.61. The number of aromatic nitrogens is 3. The first-order valence-electron chi connectivity index (χ1n) is 5.70. The monoisotopic (exact) mass is 263 g/mol. The van der Waals surface area contributed by atoms with E-state index >= 15 is 0 Å². The number of hydrogen-bond acceptors (Lipinski definition) is 4. The van der Waals surface area contributed by atoms with Gasteiger partial charge >= 0.3 is 0 Å². The van der Waals surface area contributed by atoms with E-state index in [2.05, 4.69) is 15.0 Å². The summed E-state index contributed by atoms with van der Waals surface area (Å²) in [6, 6.07) is 3.63. The highest BCUT2D eigenvalue weighted by Gasteiger charge is 2.10. The van der Waals surface area contributed by atoms with Crippen molar-refractivity contribution in [3.8, 4) is 11.5 Å². The number of hydrogen-bond donors (Lipinski definition) is 0. The standard InChI is InChI=1S/C13H14ClN3O/c1-9(2)13-16-8-12(11(6-14)17-13)18-10-4-3-5-15-7-10/h3-5,7-9H,6H2,1-2H3. The molecule has 2 rings (SSSR count). The quantitative estimate of drug-likeness (QED) is 0.792. The lowest BCUT2D eigenvalue weighted by atomic mass is 10.2. The highest BCUT2D eigenvalue weighted by Crippen LogP contribution is 2.25. The number of rotatable bonds is 4. The van der Waals surface area contributed by atoms with Crippen molar-refractivity contribution in [1.82, 2.24) is 15.0 Å². The van der Waals surface area contributed by atoms with Gasteiger partial charge in [0.2, 0.25) is 0 Å². The third-order valence-electron chi connectivity index (χ3n) is 2.35. The Bertz CT molecular complexity index is 517. The molecule has 0 aliphatic rings. The summed E-state index contributed by atoms with van der Waals surface area (Å²) in [6.45, 7) is 4.07. The Morgan fingerprint density at radius 1 is 1.33 bits per heavy atom. The van der Waals surface area contributed by atoms with E-state index < -0.39 is 0 Å². The summed E-state index contributed by atoms with van der Waals surface area (Å²) in [5, 5.41) is 0. The Morgan fingerprint density at radius 2 is 2.17 bits per heavy atom. The molecule has 0 saturated heterocycles. The molecule has 0 unspecified atom stereocenters. The van der Waals surface area contributed by atoms with E-state index in [-0.39, 0.29) is 11.8 Å². The lowest BCUT2D eigenvalue weighted by Crippen LogP contribution is -2.02. The summed E-state index contributed by atoms with van der Waals surface area (Å²) in [4.78, 5) is 12.6. The molecule has 0 N–H and O–H groups in total. The molecule has 0 amide bonds. The Morgan fingerprint density at radius 3 is 2.78 bits per heavy atom. The maximum absolute atomic E-state index is 5.89. The largest absolute Gasteiger partial charge is 0.452 e. The van der Waals surface area contributed by atoms with Gasteiger partial charge in [-0.05, 0) is 12.1 Å². The molecule has 2 aromatic rings. The van der Waals surface area contributed by atoms with E-state index in [1.165, 1.54) is 0 Å². The minimum Gasteiger partial charge on any atom is -0.452 e. The van der Waals surface area contributed by atoms with Crippen LogP contribution in [0.4, 0.5) is 0 Å². The predicted molar refractivity (Wildman–Crippen MR) is 70.0 cm³/mol. The highest BCUT2D eigenvalue weighted by atomic mass is 35.5. The molecule has 0 bridgehead atoms. The van der Waals surface area contributed by atoms with E-state index in [0.717, 1.165) is 5.82 Å². The SMILES string of the molecule is CC(C)c1ncc(Oc2cccnc2)c(CCl)n1. The Balaban J connectivity index is 2.28. The number of halogens is 1. The van der Waals surface area contributed by atoms with Gasteiger partial charge in [-0.15, -0.1) is 11.6 Å². The van der Waals surface area contributed by atoms with Crippen LogP contribution in [0.5, 0.6) is 11.5 Å². The zero-order valence-electron chi connectivity index (χ0n) is 10.3. The lowest BCUT2D eigenvalue weighted by Gasteiger charge is -2.10. The summed E-state index contributed by atoms with van der Waals surface area (Å²) in [5.41, 5.74) is 0.694. The molecule has 5 heteroatoms. The average molecular weight is 264 g/mol. The number of ether oxygens (including phenoxy) is 1. The molecule has 0 aromatic carbocycles. The van der Waals surface area contributed by atoms with E-state index in [1.54, 1.807) is 24.7 Å². The van der Waals surface area contributed by atoms with Gasteiger partial charge < -0.3 is 4.74 Å². The van der Waals surface area contributed by atoms with Crippen molar-refractivity contribution in [2.45, 2.75) is 25.6 Å². The fraction of sp³-hybridized carbons (Fsp3) is 0.308. The molecule has 0 fully saturated rings. The Labute approximate surface area is 111 Å². The van der Waals surface area contributed by atoms with Gasteiger partial charge in [0.25, 0.3) is 0 Å². The predicted octanol–water partition coefficient (Wildman–Crippen LogP) is 3.53. The number of nitrogens with zero attached hydrogens (tertiary/aromatic N) is 3. The van der Waals surface area contributed by atoms with Crippen LogP contribution in [0.3, 0.4) is 0 Å². The van der Waals surface area contributed by atoms with Gasteiger partial charge in [-0.25, -0.2) is 9.97 Å². The van der Waals surface area contributed by atoms with Crippen molar-refractivity contribution >= 4 is 11.6 Å². The summed E-state index contributed by atoms with van der Waals surface area (Å²) in [7, 11) is 0. The fourth-order valence-electron chi connectivity index (χ4n) is 1.42. The van der Waals surface area contributed by atoms with Crippen LogP contribution in [0.2, 0.25) is 0 Å². The molecular weight excluding hydrogens is 250 g/mol. The van der Waals surface area contributed by atoms with Crippen molar-refractivity contribution < 1.29 is 4.74 Å². The van der Waals surface area contributed by atoms with Crippen LogP contribution in [-0.2, 0) is 5.88 Å². The zero-order valence-corrected chi connectivity index (χ0v) is 11.1. The van der Waals surface area contributed by atoms with Gasteiger partial charge in [-0.3, -0.25) is 4.98 Å². The summed E-state index contributed by atoms with van der Waals surface area (Å²) < 4.78 is 5.66. The van der Waals surface area contributed by atoms with Gasteiger partial charge in [0.1, 0.15) is 17.3 Å². The van der Waals surface area contributed by atoms with Crippen molar-refractivity contribution in [2.24, 2.45) is 0 Å². The van der Waals surface area contributed by atoms with Gasteiger partial charge in [0, 0.05) is 12.1 Å². The van der Waals surface area contributed by atoms with Crippen molar-refractivity contribution in [3.05, 3.63) is 42.2 Å². The first-order valence-corrected chi connectivity index (χ1v) is 6.24. The van der Waals surface area contributed by atoms with Crippen molar-refractivity contribution in [2.75, 3.05) is 0 Å². The molecule has 0 aliphatic carbocycles. The molecule has 0 aliphatic heterocycles. The van der Waals surface area contributed by atoms with Crippen LogP contribution in [0.1, 0.15) is 31.3 Å². The van der Waals surface area contributed by atoms with Gasteiger partial charge in [0.15, 0.2) is 5.75 Å². The molecule has 0 spiro atoms. The van der Waals surface area contributed by atoms with Crippen LogP contribution in [0, 0.1) is 0 Å². The first-order chi connectivity index (χ1) is 8.70. The summed E-state index contributed by atoms with van der Waals surface area (Å²) in [6.07, 6.45) is 4.98. The highest BCUT2D eigenvalue weighted by molar-refractivity contribution is 6.17. The summed E-state index contributed by atoms with van der Waals surface area (Å²) >= 11 is 5.89. The molecule has 0 saturated carbocycles. The molecule has 94 valence electrons. The molecular formula is C13H14ClN3O. The maximum atomic E-state index is 5.89. The van der Waals surface area contributed by atoms with E-state index in [1.807, 2.05) is 19.9 Å². The smallest absolute Gasteiger partial charge is 0.168 e. The van der Waals surface area contributed by atoms with Crippen LogP contribution in [0.15, 0.2) is 30.7 Å². The Hall–Kier alpha value is -1.68. The molecule has 0 atom stereocenters. The Kier molecular flexibility index (Phi) is 4.10. The first kappa shape index (κ1) is 12.8. The van der Waals surface area contributed by atoms with Crippen LogP contribution in [0.25, 0.3) is 0 Å². The van der Waals surface area contributed by atoms with Gasteiger partial charge in [0.05, 0.1) is 18.3 Å². The second kappa shape index (κ2) is 5.78. The van der Waals surface area contributed by atoms with Crippen molar-refractivity contribution in [1.29, 1.82) is 0 Å². The third kappa shape index (κ3) is 2.96. The average Bonchev–Trinajstić information content (AvgIpc) is 2.40. The van der Waals surface area contributed by atoms with Crippen LogP contribution in [-0.4, -0.2) is 15.0 Å². The van der Waals surface area contributed by atoms with Crippen LogP contribution < -0.4 is 4.74 Å².